The number of hydrogen-bond acceptors (Lipinski definition) is 3. The van der Waals surface area contributed by atoms with Gasteiger partial charge in [0.15, 0.2) is 12.1 Å². The van der Waals surface area contributed by atoms with Crippen LogP contribution >= 0.6 is 0 Å². The molecule has 0 radical (unpaired) electrons. The van der Waals surface area contributed by atoms with Gasteiger partial charge in [0, 0.05) is 18.4 Å². The molecule has 0 aromatic carbocycles. The average Bonchev–Trinajstić information content (AvgIpc) is 2.40. The first kappa shape index (κ1) is 12.4. The summed E-state index contributed by atoms with van der Waals surface area (Å²) in [5.74, 6) is 1.74. The van der Waals surface area contributed by atoms with Crippen LogP contribution in [-0.4, -0.2) is 24.8 Å². The predicted octanol–water partition coefficient (Wildman–Crippen LogP) is 2.56. The molecule has 3 aliphatic rings. The molecule has 3 heteroatoms. The van der Waals surface area contributed by atoms with Crippen LogP contribution < -0.4 is 0 Å². The molecule has 6 atom stereocenters. The molecule has 0 aromatic rings. The Labute approximate surface area is 109 Å². The maximum atomic E-state index is 11.8. The van der Waals surface area contributed by atoms with Crippen LogP contribution in [0.25, 0.3) is 0 Å². The summed E-state index contributed by atoms with van der Waals surface area (Å²) in [4.78, 5) is 11.8. The van der Waals surface area contributed by atoms with E-state index >= 15 is 0 Å². The third-order valence-corrected chi connectivity index (χ3v) is 4.90. The lowest BCUT2D eigenvalue weighted by Crippen LogP contribution is -2.57. The molecule has 3 nitrogen and oxygen atoms in total. The first-order valence-electron chi connectivity index (χ1n) is 7.17. The molecule has 1 heterocycles. The number of ether oxygens (including phenoxy) is 2. The summed E-state index contributed by atoms with van der Waals surface area (Å²) in [6, 6.07) is 0. The van der Waals surface area contributed by atoms with Crippen LogP contribution in [0.2, 0.25) is 0 Å². The van der Waals surface area contributed by atoms with Crippen LogP contribution in [0.4, 0.5) is 0 Å². The highest BCUT2D eigenvalue weighted by atomic mass is 16.7. The zero-order valence-corrected chi connectivity index (χ0v) is 11.2. The van der Waals surface area contributed by atoms with Crippen molar-refractivity contribution in [1.29, 1.82) is 0 Å². The highest BCUT2D eigenvalue weighted by Crippen LogP contribution is 2.50. The second-order valence-corrected chi connectivity index (χ2v) is 5.96. The Bertz CT molecular complexity index is 357. The van der Waals surface area contributed by atoms with E-state index in [2.05, 4.69) is 13.0 Å². The van der Waals surface area contributed by atoms with Gasteiger partial charge in [-0.3, -0.25) is 4.79 Å². The van der Waals surface area contributed by atoms with Crippen molar-refractivity contribution in [2.24, 2.45) is 23.7 Å². The van der Waals surface area contributed by atoms with Crippen molar-refractivity contribution in [3.63, 3.8) is 0 Å². The van der Waals surface area contributed by atoms with E-state index in [1.807, 2.05) is 6.92 Å². The summed E-state index contributed by atoms with van der Waals surface area (Å²) in [5.41, 5.74) is 0. The lowest BCUT2D eigenvalue weighted by molar-refractivity contribution is -0.249. The maximum absolute atomic E-state index is 11.8. The molecule has 100 valence electrons. The van der Waals surface area contributed by atoms with E-state index in [1.165, 1.54) is 6.42 Å². The van der Waals surface area contributed by atoms with Gasteiger partial charge < -0.3 is 9.47 Å². The molecule has 1 saturated carbocycles. The summed E-state index contributed by atoms with van der Waals surface area (Å²) >= 11 is 0. The summed E-state index contributed by atoms with van der Waals surface area (Å²) in [5, 5.41) is 0. The fraction of sp³-hybridized carbons (Fsp3) is 0.800. The minimum absolute atomic E-state index is 0.0413. The minimum Gasteiger partial charge on any atom is -0.353 e. The fourth-order valence-electron chi connectivity index (χ4n) is 3.67. The molecular formula is C15H22O3. The van der Waals surface area contributed by atoms with Crippen molar-refractivity contribution in [2.75, 3.05) is 6.61 Å². The van der Waals surface area contributed by atoms with E-state index in [-0.39, 0.29) is 24.1 Å². The average molecular weight is 250 g/mol. The number of fused-ring (bicyclic) bond motifs is 1. The molecule has 2 aliphatic carbocycles. The van der Waals surface area contributed by atoms with Gasteiger partial charge >= 0.3 is 0 Å². The number of allylic oxidation sites excluding steroid dienone is 2. The normalized spacial score (nSPS) is 47.6. The van der Waals surface area contributed by atoms with Gasteiger partial charge in [0.1, 0.15) is 0 Å². The van der Waals surface area contributed by atoms with Gasteiger partial charge in [0.05, 0.1) is 6.10 Å². The van der Waals surface area contributed by atoms with Crippen molar-refractivity contribution in [3.8, 4) is 0 Å². The highest BCUT2D eigenvalue weighted by Gasteiger charge is 2.53. The molecule has 0 spiro atoms. The van der Waals surface area contributed by atoms with Crippen LogP contribution in [0.1, 0.15) is 33.1 Å². The number of ketones is 1. The second-order valence-electron chi connectivity index (χ2n) is 5.96. The van der Waals surface area contributed by atoms with Gasteiger partial charge in [0.2, 0.25) is 0 Å². The predicted molar refractivity (Wildman–Crippen MR) is 67.9 cm³/mol. The van der Waals surface area contributed by atoms with Gasteiger partial charge in [0.25, 0.3) is 0 Å². The molecule has 18 heavy (non-hydrogen) atoms. The van der Waals surface area contributed by atoms with Crippen LogP contribution in [0.15, 0.2) is 12.2 Å². The molecule has 0 aromatic heterocycles. The third-order valence-electron chi connectivity index (χ3n) is 4.90. The van der Waals surface area contributed by atoms with E-state index in [4.69, 9.17) is 9.47 Å². The monoisotopic (exact) mass is 250 g/mol. The largest absolute Gasteiger partial charge is 0.353 e. The summed E-state index contributed by atoms with van der Waals surface area (Å²) in [6.45, 7) is 5.07. The second kappa shape index (κ2) is 4.78. The Kier molecular flexibility index (Phi) is 3.29. The molecular weight excluding hydrogens is 228 g/mol. The standard InChI is InChI=1S/C15H22O3/c1-9-11-6-7-12(16)10(2)14(11)15(9)18-13-5-3-4-8-17-13/h6-7,9-11,13-15H,3-5,8H2,1-2H3/t9-,10-,11-,13?,14-,15+/m0/s1. The lowest BCUT2D eigenvalue weighted by Gasteiger charge is -2.53. The van der Waals surface area contributed by atoms with Crippen LogP contribution in [0.5, 0.6) is 0 Å². The zero-order chi connectivity index (χ0) is 12.7. The Morgan fingerprint density at radius 2 is 2.17 bits per heavy atom. The first-order valence-corrected chi connectivity index (χ1v) is 7.17. The minimum atomic E-state index is -0.0413. The SMILES string of the molecule is C[C@H]1[C@@H]2C=CC(=O)[C@H](C)[C@@H]2[C@@H]1OC1CCCCO1. The van der Waals surface area contributed by atoms with Crippen LogP contribution in [0.3, 0.4) is 0 Å². The summed E-state index contributed by atoms with van der Waals surface area (Å²) in [6.07, 6.45) is 7.33. The van der Waals surface area contributed by atoms with E-state index < -0.39 is 0 Å². The smallest absolute Gasteiger partial charge is 0.158 e. The van der Waals surface area contributed by atoms with E-state index in [0.717, 1.165) is 19.4 Å². The lowest BCUT2D eigenvalue weighted by atomic mass is 9.56. The molecule has 1 unspecified atom stereocenters. The fourth-order valence-corrected chi connectivity index (χ4v) is 3.67. The van der Waals surface area contributed by atoms with Crippen LogP contribution in [-0.2, 0) is 14.3 Å². The maximum Gasteiger partial charge on any atom is 0.158 e. The summed E-state index contributed by atoms with van der Waals surface area (Å²) < 4.78 is 11.8. The van der Waals surface area contributed by atoms with Gasteiger partial charge in [-0.25, -0.2) is 0 Å². The number of hydrogen-bond donors (Lipinski definition) is 0. The van der Waals surface area contributed by atoms with Gasteiger partial charge in [-0.15, -0.1) is 0 Å². The quantitative estimate of drug-likeness (QED) is 0.755. The highest BCUT2D eigenvalue weighted by molar-refractivity contribution is 5.93. The molecule has 1 aliphatic heterocycles. The zero-order valence-electron chi connectivity index (χ0n) is 11.2. The molecule has 0 N–H and O–H groups in total. The molecule has 0 amide bonds. The first-order chi connectivity index (χ1) is 8.68. The van der Waals surface area contributed by atoms with Crippen LogP contribution in [0, 0.1) is 23.7 Å². The molecule has 3 rings (SSSR count). The van der Waals surface area contributed by atoms with E-state index in [0.29, 0.717) is 17.8 Å². The number of carbonyl (C=O) groups excluding carboxylic acids is 1. The van der Waals surface area contributed by atoms with Crippen molar-refractivity contribution < 1.29 is 14.3 Å². The summed E-state index contributed by atoms with van der Waals surface area (Å²) in [7, 11) is 0. The Morgan fingerprint density at radius 3 is 2.89 bits per heavy atom. The van der Waals surface area contributed by atoms with Crippen molar-refractivity contribution >= 4 is 5.78 Å². The Balaban J connectivity index is 1.66. The number of carbonyl (C=O) groups is 1. The van der Waals surface area contributed by atoms with Crippen molar-refractivity contribution in [2.45, 2.75) is 45.5 Å². The topological polar surface area (TPSA) is 35.5 Å². The molecule has 1 saturated heterocycles. The van der Waals surface area contributed by atoms with Crippen molar-refractivity contribution in [1.82, 2.24) is 0 Å². The van der Waals surface area contributed by atoms with E-state index in [1.54, 1.807) is 6.08 Å². The van der Waals surface area contributed by atoms with E-state index in [9.17, 15) is 4.79 Å². The third kappa shape index (κ3) is 1.94. The van der Waals surface area contributed by atoms with Gasteiger partial charge in [-0.05, 0) is 37.2 Å². The van der Waals surface area contributed by atoms with Gasteiger partial charge in [-0.2, -0.15) is 0 Å². The Hall–Kier alpha value is -0.670. The van der Waals surface area contributed by atoms with Gasteiger partial charge in [-0.1, -0.05) is 19.9 Å². The van der Waals surface area contributed by atoms with Crippen molar-refractivity contribution in [3.05, 3.63) is 12.2 Å². The molecule has 0 bridgehead atoms. The number of rotatable bonds is 2. The Morgan fingerprint density at radius 1 is 1.33 bits per heavy atom. The molecule has 2 fully saturated rings.